The maximum Gasteiger partial charge on any atom is 0.256 e. The van der Waals surface area contributed by atoms with Crippen molar-refractivity contribution in [3.63, 3.8) is 0 Å². The SMILES string of the molecule is COc1ccc(CN2CCc3nc(SC)[nH]c(=O)c3C2)cc1O. The summed E-state index contributed by atoms with van der Waals surface area (Å²) in [5.74, 6) is 0.592. The van der Waals surface area contributed by atoms with Crippen molar-refractivity contribution in [1.82, 2.24) is 14.9 Å². The standard InChI is InChI=1S/C16H19N3O3S/c1-22-14-4-3-10(7-13(14)20)8-19-6-5-12-11(9-19)15(21)18-16(17-12)23-2/h3-4,7,20H,5-6,8-9H2,1-2H3,(H,17,18,21). The lowest BCUT2D eigenvalue weighted by Crippen LogP contribution is -2.35. The quantitative estimate of drug-likeness (QED) is 0.656. The van der Waals surface area contributed by atoms with Gasteiger partial charge in [0.15, 0.2) is 16.7 Å². The molecular formula is C16H19N3O3S. The molecule has 1 aliphatic heterocycles. The number of hydrogen-bond donors (Lipinski definition) is 2. The van der Waals surface area contributed by atoms with Crippen LogP contribution in [-0.4, -0.2) is 39.9 Å². The van der Waals surface area contributed by atoms with Crippen LogP contribution in [0.2, 0.25) is 0 Å². The average molecular weight is 333 g/mol. The molecule has 0 saturated carbocycles. The fourth-order valence-corrected chi connectivity index (χ4v) is 3.18. The fraction of sp³-hybridized carbons (Fsp3) is 0.375. The molecule has 122 valence electrons. The number of thioether (sulfide) groups is 1. The molecule has 0 bridgehead atoms. The number of aromatic hydroxyl groups is 1. The van der Waals surface area contributed by atoms with Crippen LogP contribution in [0, 0.1) is 0 Å². The second-order valence-electron chi connectivity index (χ2n) is 5.47. The van der Waals surface area contributed by atoms with E-state index in [1.54, 1.807) is 12.1 Å². The van der Waals surface area contributed by atoms with Crippen LogP contribution in [-0.2, 0) is 19.5 Å². The van der Waals surface area contributed by atoms with Gasteiger partial charge >= 0.3 is 0 Å². The van der Waals surface area contributed by atoms with Gasteiger partial charge in [-0.1, -0.05) is 17.8 Å². The summed E-state index contributed by atoms with van der Waals surface area (Å²) in [4.78, 5) is 21.7. The van der Waals surface area contributed by atoms with E-state index in [1.807, 2.05) is 12.3 Å². The molecule has 0 amide bonds. The van der Waals surface area contributed by atoms with Gasteiger partial charge in [-0.15, -0.1) is 0 Å². The Morgan fingerprint density at radius 2 is 2.30 bits per heavy atom. The van der Waals surface area contributed by atoms with Crippen molar-refractivity contribution in [2.24, 2.45) is 0 Å². The van der Waals surface area contributed by atoms with Gasteiger partial charge in [-0.25, -0.2) is 4.98 Å². The predicted octanol–water partition coefficient (Wildman–Crippen LogP) is 1.76. The fourth-order valence-electron chi connectivity index (χ4n) is 2.78. The van der Waals surface area contributed by atoms with Gasteiger partial charge in [0.05, 0.1) is 18.4 Å². The van der Waals surface area contributed by atoms with Crippen LogP contribution in [0.3, 0.4) is 0 Å². The first-order chi connectivity index (χ1) is 11.1. The van der Waals surface area contributed by atoms with Crippen LogP contribution in [0.15, 0.2) is 28.2 Å². The van der Waals surface area contributed by atoms with E-state index >= 15 is 0 Å². The summed E-state index contributed by atoms with van der Waals surface area (Å²) in [6.45, 7) is 2.07. The molecular weight excluding hydrogens is 314 g/mol. The maximum absolute atomic E-state index is 12.2. The van der Waals surface area contributed by atoms with Crippen LogP contribution in [0.5, 0.6) is 11.5 Å². The highest BCUT2D eigenvalue weighted by Crippen LogP contribution is 2.27. The van der Waals surface area contributed by atoms with E-state index in [4.69, 9.17) is 4.74 Å². The van der Waals surface area contributed by atoms with Gasteiger partial charge in [0.1, 0.15) is 0 Å². The van der Waals surface area contributed by atoms with E-state index in [0.29, 0.717) is 24.0 Å². The van der Waals surface area contributed by atoms with Crippen molar-refractivity contribution >= 4 is 11.8 Å². The first kappa shape index (κ1) is 15.9. The second-order valence-corrected chi connectivity index (χ2v) is 6.26. The third-order valence-electron chi connectivity index (χ3n) is 3.97. The number of H-pyrrole nitrogens is 1. The number of benzene rings is 1. The van der Waals surface area contributed by atoms with Crippen LogP contribution in [0.25, 0.3) is 0 Å². The third kappa shape index (κ3) is 3.35. The van der Waals surface area contributed by atoms with Gasteiger partial charge in [-0.2, -0.15) is 0 Å². The van der Waals surface area contributed by atoms with Crippen molar-refractivity contribution < 1.29 is 9.84 Å². The predicted molar refractivity (Wildman–Crippen MR) is 89.1 cm³/mol. The number of phenols is 1. The molecule has 23 heavy (non-hydrogen) atoms. The lowest BCUT2D eigenvalue weighted by Gasteiger charge is -2.27. The summed E-state index contributed by atoms with van der Waals surface area (Å²) < 4.78 is 5.05. The summed E-state index contributed by atoms with van der Waals surface area (Å²) in [7, 11) is 1.53. The molecule has 2 aromatic rings. The number of rotatable bonds is 4. The highest BCUT2D eigenvalue weighted by molar-refractivity contribution is 7.98. The Labute approximate surface area is 138 Å². The van der Waals surface area contributed by atoms with Gasteiger partial charge in [-0.05, 0) is 24.0 Å². The minimum Gasteiger partial charge on any atom is -0.504 e. The zero-order valence-electron chi connectivity index (χ0n) is 13.1. The Morgan fingerprint density at radius 1 is 1.48 bits per heavy atom. The Kier molecular flexibility index (Phi) is 4.58. The molecule has 2 heterocycles. The molecule has 0 fully saturated rings. The smallest absolute Gasteiger partial charge is 0.256 e. The van der Waals surface area contributed by atoms with Crippen molar-refractivity contribution in [2.45, 2.75) is 24.7 Å². The topological polar surface area (TPSA) is 78.5 Å². The van der Waals surface area contributed by atoms with Gasteiger partial charge < -0.3 is 14.8 Å². The summed E-state index contributed by atoms with van der Waals surface area (Å²) in [5.41, 5.74) is 2.57. The number of nitrogens with one attached hydrogen (secondary N) is 1. The molecule has 1 aromatic carbocycles. The van der Waals surface area contributed by atoms with Crippen LogP contribution >= 0.6 is 11.8 Å². The Hall–Kier alpha value is -1.99. The second kappa shape index (κ2) is 6.64. The van der Waals surface area contributed by atoms with Crippen LogP contribution < -0.4 is 10.3 Å². The zero-order valence-corrected chi connectivity index (χ0v) is 13.9. The molecule has 0 radical (unpaired) electrons. The summed E-state index contributed by atoms with van der Waals surface area (Å²) in [6, 6.07) is 5.38. The van der Waals surface area contributed by atoms with Gasteiger partial charge in [0, 0.05) is 26.1 Å². The summed E-state index contributed by atoms with van der Waals surface area (Å²) in [6.07, 6.45) is 2.66. The third-order valence-corrected chi connectivity index (χ3v) is 4.55. The minimum atomic E-state index is -0.0540. The monoisotopic (exact) mass is 333 g/mol. The number of fused-ring (bicyclic) bond motifs is 1. The van der Waals surface area contributed by atoms with E-state index in [0.717, 1.165) is 29.8 Å². The van der Waals surface area contributed by atoms with E-state index < -0.39 is 0 Å². The molecule has 2 N–H and O–H groups in total. The lowest BCUT2D eigenvalue weighted by molar-refractivity contribution is 0.240. The first-order valence-corrected chi connectivity index (χ1v) is 8.57. The van der Waals surface area contributed by atoms with E-state index in [2.05, 4.69) is 14.9 Å². The zero-order chi connectivity index (χ0) is 16.4. The molecule has 1 aliphatic rings. The number of aromatic amines is 1. The minimum absolute atomic E-state index is 0.0540. The van der Waals surface area contributed by atoms with Crippen molar-refractivity contribution in [3.05, 3.63) is 45.4 Å². The van der Waals surface area contributed by atoms with Crippen molar-refractivity contribution in [2.75, 3.05) is 19.9 Å². The molecule has 1 aromatic heterocycles. The van der Waals surface area contributed by atoms with E-state index in [9.17, 15) is 9.90 Å². The lowest BCUT2D eigenvalue weighted by atomic mass is 10.1. The average Bonchev–Trinajstić information content (AvgIpc) is 2.55. The summed E-state index contributed by atoms with van der Waals surface area (Å²) >= 11 is 1.44. The molecule has 6 nitrogen and oxygen atoms in total. The Morgan fingerprint density at radius 3 is 3.00 bits per heavy atom. The molecule has 0 spiro atoms. The van der Waals surface area contributed by atoms with E-state index in [1.165, 1.54) is 18.9 Å². The normalized spacial score (nSPS) is 14.5. The van der Waals surface area contributed by atoms with Gasteiger partial charge in [0.25, 0.3) is 5.56 Å². The summed E-state index contributed by atoms with van der Waals surface area (Å²) in [5, 5.41) is 10.5. The Bertz CT molecular complexity index is 776. The Balaban J connectivity index is 1.77. The van der Waals surface area contributed by atoms with Crippen LogP contribution in [0.1, 0.15) is 16.8 Å². The molecule has 0 saturated heterocycles. The number of methoxy groups -OCH3 is 1. The molecule has 0 aliphatic carbocycles. The van der Waals surface area contributed by atoms with Crippen molar-refractivity contribution in [3.8, 4) is 11.5 Å². The van der Waals surface area contributed by atoms with E-state index in [-0.39, 0.29) is 11.3 Å². The van der Waals surface area contributed by atoms with Crippen LogP contribution in [0.4, 0.5) is 0 Å². The van der Waals surface area contributed by atoms with Gasteiger partial charge in [0.2, 0.25) is 0 Å². The number of phenolic OH excluding ortho intramolecular Hbond substituents is 1. The number of ether oxygens (including phenoxy) is 1. The number of nitrogens with zero attached hydrogens (tertiary/aromatic N) is 2. The van der Waals surface area contributed by atoms with Gasteiger partial charge in [-0.3, -0.25) is 9.69 Å². The number of hydrogen-bond acceptors (Lipinski definition) is 6. The first-order valence-electron chi connectivity index (χ1n) is 7.35. The largest absolute Gasteiger partial charge is 0.504 e. The maximum atomic E-state index is 12.2. The molecule has 0 atom stereocenters. The molecule has 3 rings (SSSR count). The highest BCUT2D eigenvalue weighted by atomic mass is 32.2. The molecule has 0 unspecified atom stereocenters. The highest BCUT2D eigenvalue weighted by Gasteiger charge is 2.21. The number of aromatic nitrogens is 2. The molecule has 7 heteroatoms. The van der Waals surface area contributed by atoms with Crippen molar-refractivity contribution in [1.29, 1.82) is 0 Å².